The number of fused-ring (bicyclic) bond motifs is 1. The Bertz CT molecular complexity index is 1290. The summed E-state index contributed by atoms with van der Waals surface area (Å²) in [6, 6.07) is 8.98. The molecule has 9 heteroatoms. The summed E-state index contributed by atoms with van der Waals surface area (Å²) >= 11 is 7.28. The maximum absolute atomic E-state index is 13.0. The van der Waals surface area contributed by atoms with Gasteiger partial charge >= 0.3 is 0 Å². The van der Waals surface area contributed by atoms with E-state index in [1.54, 1.807) is 36.9 Å². The molecule has 28 heavy (non-hydrogen) atoms. The Labute approximate surface area is 169 Å². The fraction of sp³-hybridized carbons (Fsp3) is 0.158. The molecule has 0 unspecified atom stereocenters. The van der Waals surface area contributed by atoms with Crippen LogP contribution in [0.4, 0.5) is 5.82 Å². The standard InChI is InChI=1S/C19H16ClN5O2S/c1-10-7-14(25(23-10)13-6-4-5-12(20)8-13)22-17(26)16-11(2)15-18(28-16)21-9-24(3)19(15)27/h4-9H,1-3H3,(H,22,26). The van der Waals surface area contributed by atoms with E-state index in [2.05, 4.69) is 15.4 Å². The van der Waals surface area contributed by atoms with Gasteiger partial charge in [0, 0.05) is 18.1 Å². The summed E-state index contributed by atoms with van der Waals surface area (Å²) in [7, 11) is 1.64. The highest BCUT2D eigenvalue weighted by atomic mass is 35.5. The molecule has 0 saturated heterocycles. The molecular weight excluding hydrogens is 398 g/mol. The van der Waals surface area contributed by atoms with Crippen LogP contribution in [-0.4, -0.2) is 25.2 Å². The molecule has 0 aliphatic heterocycles. The number of carbonyl (C=O) groups is 1. The summed E-state index contributed by atoms with van der Waals surface area (Å²) in [5.41, 5.74) is 1.94. The van der Waals surface area contributed by atoms with Crippen LogP contribution in [0.3, 0.4) is 0 Å². The molecule has 0 atom stereocenters. The first-order chi connectivity index (χ1) is 13.3. The predicted molar refractivity (Wildman–Crippen MR) is 111 cm³/mol. The number of amides is 1. The average Bonchev–Trinajstić information content (AvgIpc) is 3.18. The first kappa shape index (κ1) is 18.4. The fourth-order valence-corrected chi connectivity index (χ4v) is 4.21. The number of hydrogen-bond donors (Lipinski definition) is 1. The minimum absolute atomic E-state index is 0.169. The van der Waals surface area contributed by atoms with Crippen LogP contribution < -0.4 is 10.9 Å². The highest BCUT2D eigenvalue weighted by molar-refractivity contribution is 7.20. The van der Waals surface area contributed by atoms with E-state index in [0.29, 0.717) is 31.5 Å². The Kier molecular flexibility index (Phi) is 4.52. The number of hydrogen-bond acceptors (Lipinski definition) is 5. The minimum Gasteiger partial charge on any atom is -0.306 e. The highest BCUT2D eigenvalue weighted by Crippen LogP contribution is 2.28. The number of anilines is 1. The van der Waals surface area contributed by atoms with Crippen molar-refractivity contribution >= 4 is 44.9 Å². The van der Waals surface area contributed by atoms with Crippen LogP contribution in [0.15, 0.2) is 41.5 Å². The summed E-state index contributed by atoms with van der Waals surface area (Å²) in [5.74, 6) is 0.202. The lowest BCUT2D eigenvalue weighted by Crippen LogP contribution is -2.17. The summed E-state index contributed by atoms with van der Waals surface area (Å²) in [6.07, 6.45) is 1.46. The zero-order valence-electron chi connectivity index (χ0n) is 15.4. The lowest BCUT2D eigenvalue weighted by Gasteiger charge is -2.09. The van der Waals surface area contributed by atoms with Gasteiger partial charge in [0.05, 0.1) is 28.0 Å². The lowest BCUT2D eigenvalue weighted by molar-refractivity contribution is 0.102. The molecule has 0 aliphatic rings. The van der Waals surface area contributed by atoms with E-state index in [9.17, 15) is 9.59 Å². The van der Waals surface area contributed by atoms with Crippen LogP contribution in [0.25, 0.3) is 15.9 Å². The number of nitrogens with zero attached hydrogens (tertiary/aromatic N) is 4. The number of aromatic nitrogens is 4. The second kappa shape index (κ2) is 6.88. The number of carbonyl (C=O) groups excluding carboxylic acids is 1. The number of aryl methyl sites for hydroxylation is 3. The Morgan fingerprint density at radius 1 is 1.25 bits per heavy atom. The van der Waals surface area contributed by atoms with Crippen LogP contribution in [0, 0.1) is 13.8 Å². The maximum Gasteiger partial charge on any atom is 0.267 e. The third-order valence-corrected chi connectivity index (χ3v) is 5.78. The van der Waals surface area contributed by atoms with Crippen molar-refractivity contribution in [2.24, 2.45) is 7.05 Å². The smallest absolute Gasteiger partial charge is 0.267 e. The van der Waals surface area contributed by atoms with E-state index in [1.165, 1.54) is 22.2 Å². The van der Waals surface area contributed by atoms with E-state index >= 15 is 0 Å². The second-order valence-corrected chi connectivity index (χ2v) is 7.85. The average molecular weight is 414 g/mol. The molecule has 4 aromatic rings. The topological polar surface area (TPSA) is 81.8 Å². The molecule has 4 rings (SSSR count). The van der Waals surface area contributed by atoms with Gasteiger partial charge in [-0.2, -0.15) is 5.10 Å². The lowest BCUT2D eigenvalue weighted by atomic mass is 10.2. The molecule has 1 N–H and O–H groups in total. The van der Waals surface area contributed by atoms with Gasteiger partial charge < -0.3 is 9.88 Å². The molecular formula is C19H16ClN5O2S. The van der Waals surface area contributed by atoms with Crippen molar-refractivity contribution in [2.75, 3.05) is 5.32 Å². The van der Waals surface area contributed by atoms with E-state index in [0.717, 1.165) is 11.4 Å². The van der Waals surface area contributed by atoms with Crippen molar-refractivity contribution in [3.05, 3.63) is 68.2 Å². The number of benzene rings is 1. The molecule has 3 heterocycles. The molecule has 142 valence electrons. The van der Waals surface area contributed by atoms with Crippen LogP contribution in [0.5, 0.6) is 0 Å². The van der Waals surface area contributed by atoms with Crippen molar-refractivity contribution in [1.29, 1.82) is 0 Å². The van der Waals surface area contributed by atoms with E-state index in [4.69, 9.17) is 11.6 Å². The SMILES string of the molecule is Cc1cc(NC(=O)c2sc3ncn(C)c(=O)c3c2C)n(-c2cccc(Cl)c2)n1. The molecule has 0 fully saturated rings. The van der Waals surface area contributed by atoms with E-state index < -0.39 is 0 Å². The molecule has 1 amide bonds. The largest absolute Gasteiger partial charge is 0.306 e. The third kappa shape index (κ3) is 3.10. The molecule has 0 bridgehead atoms. The van der Waals surface area contributed by atoms with Gasteiger partial charge in [-0.25, -0.2) is 9.67 Å². The van der Waals surface area contributed by atoms with Gasteiger partial charge in [0.15, 0.2) is 0 Å². The quantitative estimate of drug-likeness (QED) is 0.555. The molecule has 0 aliphatic carbocycles. The highest BCUT2D eigenvalue weighted by Gasteiger charge is 2.20. The summed E-state index contributed by atoms with van der Waals surface area (Å²) in [4.78, 5) is 30.6. The Morgan fingerprint density at radius 3 is 2.79 bits per heavy atom. The second-order valence-electron chi connectivity index (χ2n) is 6.41. The summed E-state index contributed by atoms with van der Waals surface area (Å²) in [6.45, 7) is 3.60. The number of thiophene rings is 1. The molecule has 1 aromatic carbocycles. The normalized spacial score (nSPS) is 11.1. The number of halogens is 1. The van der Waals surface area contributed by atoms with Gasteiger partial charge in [-0.15, -0.1) is 11.3 Å². The van der Waals surface area contributed by atoms with Crippen molar-refractivity contribution in [3.63, 3.8) is 0 Å². The van der Waals surface area contributed by atoms with Gasteiger partial charge in [-0.05, 0) is 37.6 Å². The van der Waals surface area contributed by atoms with Gasteiger partial charge in [0.2, 0.25) is 0 Å². The van der Waals surface area contributed by atoms with Crippen LogP contribution in [0.2, 0.25) is 5.02 Å². The van der Waals surface area contributed by atoms with Gasteiger partial charge in [-0.1, -0.05) is 17.7 Å². The van der Waals surface area contributed by atoms with Crippen molar-refractivity contribution in [2.45, 2.75) is 13.8 Å². The van der Waals surface area contributed by atoms with E-state index in [1.807, 2.05) is 19.1 Å². The first-order valence-electron chi connectivity index (χ1n) is 8.44. The molecule has 3 aromatic heterocycles. The Hall–Kier alpha value is -2.97. The van der Waals surface area contributed by atoms with Crippen LogP contribution in [0.1, 0.15) is 20.9 Å². The predicted octanol–water partition coefficient (Wildman–Crippen LogP) is 3.70. The number of nitrogens with one attached hydrogen (secondary N) is 1. The Morgan fingerprint density at radius 2 is 2.04 bits per heavy atom. The van der Waals surface area contributed by atoms with Crippen molar-refractivity contribution in [3.8, 4) is 5.69 Å². The zero-order valence-corrected chi connectivity index (χ0v) is 16.9. The summed E-state index contributed by atoms with van der Waals surface area (Å²) in [5, 5.41) is 8.38. The zero-order chi connectivity index (χ0) is 20.0. The van der Waals surface area contributed by atoms with E-state index in [-0.39, 0.29) is 11.5 Å². The molecule has 7 nitrogen and oxygen atoms in total. The van der Waals surface area contributed by atoms with Gasteiger partial charge in [0.1, 0.15) is 10.6 Å². The molecule has 0 spiro atoms. The fourth-order valence-electron chi connectivity index (χ4n) is 2.99. The number of rotatable bonds is 3. The van der Waals surface area contributed by atoms with Crippen LogP contribution >= 0.6 is 22.9 Å². The maximum atomic E-state index is 13.0. The van der Waals surface area contributed by atoms with Crippen LogP contribution in [-0.2, 0) is 7.05 Å². The molecule has 0 saturated carbocycles. The third-order valence-electron chi connectivity index (χ3n) is 4.34. The monoisotopic (exact) mass is 413 g/mol. The van der Waals surface area contributed by atoms with Crippen molar-refractivity contribution in [1.82, 2.24) is 19.3 Å². The van der Waals surface area contributed by atoms with Crippen molar-refractivity contribution < 1.29 is 4.79 Å². The summed E-state index contributed by atoms with van der Waals surface area (Å²) < 4.78 is 3.03. The first-order valence-corrected chi connectivity index (χ1v) is 9.63. The Balaban J connectivity index is 1.74. The minimum atomic E-state index is -0.314. The van der Waals surface area contributed by atoms with Gasteiger partial charge in [-0.3, -0.25) is 9.59 Å². The molecule has 0 radical (unpaired) electrons. The van der Waals surface area contributed by atoms with Gasteiger partial charge in [0.25, 0.3) is 11.5 Å².